The Bertz CT molecular complexity index is 1280. The summed E-state index contributed by atoms with van der Waals surface area (Å²) in [5.41, 5.74) is 3.27. The van der Waals surface area contributed by atoms with E-state index in [2.05, 4.69) is 29.7 Å². The van der Waals surface area contributed by atoms with Gasteiger partial charge in [-0.05, 0) is 42.0 Å². The van der Waals surface area contributed by atoms with Gasteiger partial charge in [-0.15, -0.1) is 23.1 Å². The van der Waals surface area contributed by atoms with Crippen LogP contribution in [0.3, 0.4) is 0 Å². The zero-order valence-corrected chi connectivity index (χ0v) is 22.8. The molecule has 0 saturated heterocycles. The normalized spacial score (nSPS) is 16.6. The number of thiophene rings is 1. The quantitative estimate of drug-likeness (QED) is 0.336. The second kappa shape index (κ2) is 11.2. The van der Waals surface area contributed by atoms with Crippen molar-refractivity contribution in [3.05, 3.63) is 77.2 Å². The Morgan fingerprint density at radius 1 is 1.19 bits per heavy atom. The summed E-state index contributed by atoms with van der Waals surface area (Å²) >= 11 is 2.89. The van der Waals surface area contributed by atoms with Crippen LogP contribution in [0.2, 0.25) is 0 Å². The number of para-hydroxylation sites is 1. The van der Waals surface area contributed by atoms with Crippen LogP contribution in [0.15, 0.2) is 70.3 Å². The summed E-state index contributed by atoms with van der Waals surface area (Å²) in [4.78, 5) is 13.1. The van der Waals surface area contributed by atoms with E-state index in [1.54, 1.807) is 35.3 Å². The summed E-state index contributed by atoms with van der Waals surface area (Å²) in [6, 6.07) is 18.4. The molecule has 2 heterocycles. The first-order chi connectivity index (χ1) is 17.2. The van der Waals surface area contributed by atoms with Crippen molar-refractivity contribution in [2.75, 3.05) is 29.8 Å². The average Bonchev–Trinajstić information content (AvgIpc) is 3.57. The molecule has 2 unspecified atom stereocenters. The van der Waals surface area contributed by atoms with Crippen LogP contribution in [-0.2, 0) is 27.0 Å². The summed E-state index contributed by atoms with van der Waals surface area (Å²) < 4.78 is 27.3. The van der Waals surface area contributed by atoms with Gasteiger partial charge < -0.3 is 15.7 Å². The standard InChI is InChI=1S/C26H31N3O4S3/c1-26(13-14-30,35-17-19-8-4-3-5-9-19)18-27-25(31)21-16-20-10-6-11-22(24(20)28-21)29(2)36(32,33)23-12-7-15-34-23/h3-12,15,21,28,30H,13-14,16-18H2,1-2H3,(H,27,31). The molecule has 192 valence electrons. The fourth-order valence-corrected chi connectivity index (χ4v) is 7.63. The number of carbonyl (C=O) groups is 1. The number of aliphatic hydroxyl groups excluding tert-OH is 1. The number of sulfonamides is 1. The third-order valence-corrected chi connectivity index (χ3v) is 11.0. The van der Waals surface area contributed by atoms with Gasteiger partial charge in [-0.1, -0.05) is 48.5 Å². The maximum Gasteiger partial charge on any atom is 0.273 e. The first-order valence-corrected chi connectivity index (χ1v) is 15.0. The third kappa shape index (κ3) is 5.88. The number of fused-ring (bicyclic) bond motifs is 1. The molecule has 0 saturated carbocycles. The van der Waals surface area contributed by atoms with Crippen LogP contribution in [0, 0.1) is 0 Å². The van der Waals surface area contributed by atoms with Crippen LogP contribution < -0.4 is 14.9 Å². The van der Waals surface area contributed by atoms with Gasteiger partial charge in [0.2, 0.25) is 5.91 Å². The Kier molecular flexibility index (Phi) is 8.29. The number of thioether (sulfide) groups is 1. The minimum atomic E-state index is -3.69. The molecule has 3 N–H and O–H groups in total. The molecule has 1 aliphatic heterocycles. The topological polar surface area (TPSA) is 98.7 Å². The second-order valence-corrected chi connectivity index (χ2v) is 13.7. The number of carbonyl (C=O) groups excluding carboxylic acids is 1. The summed E-state index contributed by atoms with van der Waals surface area (Å²) in [5.74, 6) is 0.639. The predicted molar refractivity (Wildman–Crippen MR) is 148 cm³/mol. The molecule has 1 aromatic heterocycles. The van der Waals surface area contributed by atoms with E-state index in [1.807, 2.05) is 30.3 Å². The molecule has 1 amide bonds. The summed E-state index contributed by atoms with van der Waals surface area (Å²) in [6.07, 6.45) is 1.02. The van der Waals surface area contributed by atoms with Gasteiger partial charge in [0.15, 0.2) is 0 Å². The van der Waals surface area contributed by atoms with Crippen molar-refractivity contribution in [3.63, 3.8) is 0 Å². The summed E-state index contributed by atoms with van der Waals surface area (Å²) in [7, 11) is -2.16. The van der Waals surface area contributed by atoms with Crippen molar-refractivity contribution in [3.8, 4) is 0 Å². The molecule has 0 bridgehead atoms. The zero-order valence-electron chi connectivity index (χ0n) is 20.3. The van der Waals surface area contributed by atoms with E-state index in [-0.39, 0.29) is 21.5 Å². The maximum atomic E-state index is 13.1. The highest BCUT2D eigenvalue weighted by atomic mass is 32.2. The first kappa shape index (κ1) is 26.5. The highest BCUT2D eigenvalue weighted by Gasteiger charge is 2.33. The minimum Gasteiger partial charge on any atom is -0.396 e. The van der Waals surface area contributed by atoms with Crippen LogP contribution in [0.1, 0.15) is 24.5 Å². The number of rotatable bonds is 11. The van der Waals surface area contributed by atoms with Crippen LogP contribution in [0.25, 0.3) is 0 Å². The summed E-state index contributed by atoms with van der Waals surface area (Å²) in [6.45, 7) is 2.50. The lowest BCUT2D eigenvalue weighted by atomic mass is 10.1. The van der Waals surface area contributed by atoms with Crippen molar-refractivity contribution in [1.82, 2.24) is 5.32 Å². The van der Waals surface area contributed by atoms with Gasteiger partial charge in [0.1, 0.15) is 10.3 Å². The molecule has 0 aliphatic carbocycles. The highest BCUT2D eigenvalue weighted by Crippen LogP contribution is 2.38. The van der Waals surface area contributed by atoms with Crippen molar-refractivity contribution < 1.29 is 18.3 Å². The van der Waals surface area contributed by atoms with E-state index < -0.39 is 16.1 Å². The Labute approximate surface area is 221 Å². The van der Waals surface area contributed by atoms with E-state index >= 15 is 0 Å². The van der Waals surface area contributed by atoms with Crippen LogP contribution in [0.4, 0.5) is 11.4 Å². The Balaban J connectivity index is 1.42. The first-order valence-electron chi connectivity index (χ1n) is 11.7. The molecule has 0 fully saturated rings. The average molecular weight is 546 g/mol. The molecule has 2 atom stereocenters. The lowest BCUT2D eigenvalue weighted by molar-refractivity contribution is -0.121. The monoisotopic (exact) mass is 545 g/mol. The van der Waals surface area contributed by atoms with E-state index in [0.717, 1.165) is 11.3 Å². The number of hydrogen-bond donors (Lipinski definition) is 3. The van der Waals surface area contributed by atoms with Crippen molar-refractivity contribution >= 4 is 50.4 Å². The SMILES string of the molecule is CN(c1cccc2c1NC(C(=O)NCC(C)(CCO)SCc1ccccc1)C2)S(=O)(=O)c1cccs1. The van der Waals surface area contributed by atoms with Crippen molar-refractivity contribution in [2.24, 2.45) is 0 Å². The molecule has 2 aromatic carbocycles. The molecule has 0 radical (unpaired) electrons. The van der Waals surface area contributed by atoms with Crippen molar-refractivity contribution in [2.45, 2.75) is 40.5 Å². The number of hydrogen-bond acceptors (Lipinski definition) is 7. The molecule has 3 aromatic rings. The fourth-order valence-electron chi connectivity index (χ4n) is 4.14. The van der Waals surface area contributed by atoms with Gasteiger partial charge in [-0.25, -0.2) is 8.42 Å². The predicted octanol–water partition coefficient (Wildman–Crippen LogP) is 4.10. The van der Waals surface area contributed by atoms with Gasteiger partial charge in [-0.2, -0.15) is 0 Å². The smallest absolute Gasteiger partial charge is 0.273 e. The fraction of sp³-hybridized carbons (Fsp3) is 0.346. The molecule has 10 heteroatoms. The number of benzene rings is 2. The molecule has 7 nitrogen and oxygen atoms in total. The van der Waals surface area contributed by atoms with Crippen LogP contribution >= 0.6 is 23.1 Å². The van der Waals surface area contributed by atoms with E-state index in [9.17, 15) is 18.3 Å². The maximum absolute atomic E-state index is 13.1. The number of amides is 1. The highest BCUT2D eigenvalue weighted by molar-refractivity contribution is 7.99. The molecular formula is C26H31N3O4S3. The number of nitrogens with one attached hydrogen (secondary N) is 2. The lowest BCUT2D eigenvalue weighted by Crippen LogP contribution is -2.45. The molecular weight excluding hydrogens is 515 g/mol. The second-order valence-electron chi connectivity index (χ2n) is 9.03. The van der Waals surface area contributed by atoms with Crippen LogP contribution in [-0.4, -0.2) is 50.4 Å². The van der Waals surface area contributed by atoms with E-state index in [4.69, 9.17) is 0 Å². The molecule has 36 heavy (non-hydrogen) atoms. The van der Waals surface area contributed by atoms with Gasteiger partial charge in [0.25, 0.3) is 10.0 Å². The number of nitrogens with zero attached hydrogens (tertiary/aromatic N) is 1. The van der Waals surface area contributed by atoms with E-state index in [1.165, 1.54) is 28.3 Å². The molecule has 1 aliphatic rings. The van der Waals surface area contributed by atoms with Gasteiger partial charge in [0.05, 0.1) is 11.4 Å². The van der Waals surface area contributed by atoms with Crippen LogP contribution in [0.5, 0.6) is 0 Å². The largest absolute Gasteiger partial charge is 0.396 e. The Morgan fingerprint density at radius 3 is 2.67 bits per heavy atom. The van der Waals surface area contributed by atoms with Gasteiger partial charge in [-0.3, -0.25) is 9.10 Å². The lowest BCUT2D eigenvalue weighted by Gasteiger charge is -2.29. The van der Waals surface area contributed by atoms with E-state index in [0.29, 0.717) is 30.8 Å². The third-order valence-electron chi connectivity index (χ3n) is 6.34. The Hall–Kier alpha value is -2.53. The van der Waals surface area contributed by atoms with Crippen molar-refractivity contribution in [1.29, 1.82) is 0 Å². The van der Waals surface area contributed by atoms with Gasteiger partial charge >= 0.3 is 0 Å². The van der Waals surface area contributed by atoms with Gasteiger partial charge in [0, 0.05) is 37.1 Å². The number of anilines is 2. The molecule has 0 spiro atoms. The minimum absolute atomic E-state index is 0.0374. The summed E-state index contributed by atoms with van der Waals surface area (Å²) in [5, 5.41) is 17.7. The number of aliphatic hydroxyl groups is 1. The molecule has 4 rings (SSSR count). The Morgan fingerprint density at radius 2 is 1.97 bits per heavy atom. The zero-order chi connectivity index (χ0) is 25.8.